The molecule has 0 fully saturated rings. The molecule has 0 aromatic heterocycles. The molecular weight excluding hydrogens is 234 g/mol. The molecule has 1 aromatic rings. The monoisotopic (exact) mass is 251 g/mol. The van der Waals surface area contributed by atoms with Crippen molar-refractivity contribution in [1.82, 2.24) is 0 Å². The van der Waals surface area contributed by atoms with E-state index in [2.05, 4.69) is 6.07 Å². The second-order valence-corrected chi connectivity index (χ2v) is 3.54. The highest BCUT2D eigenvalue weighted by atomic mass is 16.7. The number of methoxy groups -OCH3 is 3. The molecule has 0 saturated carbocycles. The lowest BCUT2D eigenvalue weighted by Gasteiger charge is -2.11. The van der Waals surface area contributed by atoms with Crippen LogP contribution in [0.4, 0.5) is 0 Å². The largest absolute Gasteiger partial charge is 0.493 e. The van der Waals surface area contributed by atoms with E-state index < -0.39 is 0 Å². The van der Waals surface area contributed by atoms with Crippen LogP contribution in [-0.2, 0) is 15.9 Å². The summed E-state index contributed by atoms with van der Waals surface area (Å²) in [6.45, 7) is 0.729. The Morgan fingerprint density at radius 3 is 2.33 bits per heavy atom. The average Bonchev–Trinajstić information content (AvgIpc) is 2.42. The van der Waals surface area contributed by atoms with E-state index in [0.29, 0.717) is 30.1 Å². The molecule has 0 aliphatic heterocycles. The number of hydrogen-bond donors (Lipinski definition) is 0. The Labute approximate surface area is 107 Å². The van der Waals surface area contributed by atoms with E-state index in [1.807, 2.05) is 0 Å². The standard InChI is InChI=1S/C13H17NO4/c1-15-9-18-5-4-10-6-12(16-2)13(17-3)7-11(10)8-14/h6-7H,4-5,9H2,1-3H3. The van der Waals surface area contributed by atoms with Gasteiger partial charge >= 0.3 is 0 Å². The minimum atomic E-state index is 0.245. The second-order valence-electron chi connectivity index (χ2n) is 3.54. The molecule has 0 spiro atoms. The lowest BCUT2D eigenvalue weighted by molar-refractivity contribution is -0.0291. The first-order chi connectivity index (χ1) is 8.76. The first-order valence-corrected chi connectivity index (χ1v) is 5.48. The van der Waals surface area contributed by atoms with E-state index in [1.165, 1.54) is 0 Å². The van der Waals surface area contributed by atoms with Gasteiger partial charge in [-0.05, 0) is 18.1 Å². The maximum atomic E-state index is 9.09. The van der Waals surface area contributed by atoms with Gasteiger partial charge in [-0.1, -0.05) is 0 Å². The first-order valence-electron chi connectivity index (χ1n) is 5.48. The van der Waals surface area contributed by atoms with Gasteiger partial charge in [0.2, 0.25) is 0 Å². The summed E-state index contributed by atoms with van der Waals surface area (Å²) < 4.78 is 20.4. The van der Waals surface area contributed by atoms with Crippen molar-refractivity contribution in [3.05, 3.63) is 23.3 Å². The second kappa shape index (κ2) is 7.54. The normalized spacial score (nSPS) is 9.89. The Morgan fingerprint density at radius 1 is 1.11 bits per heavy atom. The molecule has 5 nitrogen and oxygen atoms in total. The number of benzene rings is 1. The van der Waals surface area contributed by atoms with Gasteiger partial charge in [0.15, 0.2) is 11.5 Å². The summed E-state index contributed by atoms with van der Waals surface area (Å²) in [5, 5.41) is 9.09. The minimum absolute atomic E-state index is 0.245. The van der Waals surface area contributed by atoms with Gasteiger partial charge in [-0.2, -0.15) is 5.26 Å². The van der Waals surface area contributed by atoms with Crippen molar-refractivity contribution in [3.63, 3.8) is 0 Å². The van der Waals surface area contributed by atoms with Gasteiger partial charge in [-0.15, -0.1) is 0 Å². The van der Waals surface area contributed by atoms with Gasteiger partial charge in [-0.3, -0.25) is 0 Å². The van der Waals surface area contributed by atoms with E-state index in [0.717, 1.165) is 5.56 Å². The quantitative estimate of drug-likeness (QED) is 0.545. The summed E-state index contributed by atoms with van der Waals surface area (Å²) in [7, 11) is 4.67. The number of nitriles is 1. The summed E-state index contributed by atoms with van der Waals surface area (Å²) in [6.07, 6.45) is 0.618. The summed E-state index contributed by atoms with van der Waals surface area (Å²) in [4.78, 5) is 0. The predicted molar refractivity (Wildman–Crippen MR) is 65.8 cm³/mol. The van der Waals surface area contributed by atoms with Crippen LogP contribution in [-0.4, -0.2) is 34.7 Å². The van der Waals surface area contributed by atoms with Crippen molar-refractivity contribution in [2.24, 2.45) is 0 Å². The Balaban J connectivity index is 2.85. The maximum absolute atomic E-state index is 9.09. The molecule has 0 radical (unpaired) electrons. The van der Waals surface area contributed by atoms with Crippen LogP contribution in [0.15, 0.2) is 12.1 Å². The molecule has 1 rings (SSSR count). The molecule has 1 aromatic carbocycles. The molecule has 0 aliphatic carbocycles. The van der Waals surface area contributed by atoms with Crippen LogP contribution >= 0.6 is 0 Å². The van der Waals surface area contributed by atoms with E-state index in [4.69, 9.17) is 24.2 Å². The Hall–Kier alpha value is -1.77. The molecule has 0 aliphatic rings. The third kappa shape index (κ3) is 3.62. The molecule has 0 amide bonds. The molecule has 0 unspecified atom stereocenters. The van der Waals surface area contributed by atoms with Crippen LogP contribution in [0.1, 0.15) is 11.1 Å². The number of hydrogen-bond acceptors (Lipinski definition) is 5. The van der Waals surface area contributed by atoms with Crippen molar-refractivity contribution in [2.45, 2.75) is 6.42 Å². The van der Waals surface area contributed by atoms with Crippen LogP contribution in [0.2, 0.25) is 0 Å². The molecule has 0 heterocycles. The lowest BCUT2D eigenvalue weighted by Crippen LogP contribution is -2.04. The van der Waals surface area contributed by atoms with Crippen molar-refractivity contribution in [2.75, 3.05) is 34.7 Å². The van der Waals surface area contributed by atoms with Gasteiger partial charge in [0.1, 0.15) is 6.79 Å². The summed E-state index contributed by atoms with van der Waals surface area (Å²) >= 11 is 0. The van der Waals surface area contributed by atoms with E-state index >= 15 is 0 Å². The molecule has 0 bridgehead atoms. The Kier molecular flexibility index (Phi) is 5.98. The third-order valence-electron chi connectivity index (χ3n) is 2.45. The van der Waals surface area contributed by atoms with Crippen molar-refractivity contribution in [1.29, 1.82) is 5.26 Å². The molecule has 0 N–H and O–H groups in total. The maximum Gasteiger partial charge on any atom is 0.162 e. The topological polar surface area (TPSA) is 60.7 Å². The summed E-state index contributed by atoms with van der Waals surface area (Å²) in [5.41, 5.74) is 1.43. The van der Waals surface area contributed by atoms with Crippen LogP contribution in [0.25, 0.3) is 0 Å². The van der Waals surface area contributed by atoms with E-state index in [-0.39, 0.29) is 6.79 Å². The van der Waals surface area contributed by atoms with Crippen LogP contribution in [0.3, 0.4) is 0 Å². The minimum Gasteiger partial charge on any atom is -0.493 e. The Bertz CT molecular complexity index is 426. The highest BCUT2D eigenvalue weighted by Gasteiger charge is 2.10. The zero-order valence-corrected chi connectivity index (χ0v) is 10.9. The number of nitrogens with zero attached hydrogens (tertiary/aromatic N) is 1. The van der Waals surface area contributed by atoms with Crippen molar-refractivity contribution < 1.29 is 18.9 Å². The average molecular weight is 251 g/mol. The molecular formula is C13H17NO4. The van der Waals surface area contributed by atoms with Gasteiger partial charge < -0.3 is 18.9 Å². The smallest absolute Gasteiger partial charge is 0.162 e. The molecule has 5 heteroatoms. The molecule has 0 saturated heterocycles. The van der Waals surface area contributed by atoms with E-state index in [1.54, 1.807) is 33.5 Å². The highest BCUT2D eigenvalue weighted by Crippen LogP contribution is 2.30. The fraction of sp³-hybridized carbons (Fsp3) is 0.462. The molecule has 18 heavy (non-hydrogen) atoms. The molecule has 0 atom stereocenters. The predicted octanol–water partition coefficient (Wildman–Crippen LogP) is 1.74. The van der Waals surface area contributed by atoms with E-state index in [9.17, 15) is 0 Å². The first kappa shape index (κ1) is 14.3. The Morgan fingerprint density at radius 2 is 1.78 bits per heavy atom. The molecule has 98 valence electrons. The van der Waals surface area contributed by atoms with Gasteiger partial charge in [0, 0.05) is 13.2 Å². The van der Waals surface area contributed by atoms with Crippen molar-refractivity contribution in [3.8, 4) is 17.6 Å². The lowest BCUT2D eigenvalue weighted by atomic mass is 10.0. The van der Waals surface area contributed by atoms with Crippen LogP contribution < -0.4 is 9.47 Å². The van der Waals surface area contributed by atoms with Gasteiger partial charge in [-0.25, -0.2) is 0 Å². The number of ether oxygens (including phenoxy) is 4. The van der Waals surface area contributed by atoms with Crippen LogP contribution in [0, 0.1) is 11.3 Å². The fourth-order valence-electron chi connectivity index (χ4n) is 1.56. The highest BCUT2D eigenvalue weighted by molar-refractivity contribution is 5.51. The van der Waals surface area contributed by atoms with Gasteiger partial charge in [0.05, 0.1) is 32.5 Å². The summed E-state index contributed by atoms with van der Waals surface area (Å²) in [6, 6.07) is 5.61. The fourth-order valence-corrected chi connectivity index (χ4v) is 1.56. The summed E-state index contributed by atoms with van der Waals surface area (Å²) in [5.74, 6) is 1.16. The van der Waals surface area contributed by atoms with Gasteiger partial charge in [0.25, 0.3) is 0 Å². The van der Waals surface area contributed by atoms with Crippen molar-refractivity contribution >= 4 is 0 Å². The zero-order valence-electron chi connectivity index (χ0n) is 10.9. The zero-order chi connectivity index (χ0) is 13.4. The number of rotatable bonds is 7. The van der Waals surface area contributed by atoms with Crippen LogP contribution in [0.5, 0.6) is 11.5 Å². The third-order valence-corrected chi connectivity index (χ3v) is 2.45. The SMILES string of the molecule is COCOCCc1cc(OC)c(OC)cc1C#N.